The first-order valence-electron chi connectivity index (χ1n) is 11.1. The van der Waals surface area contributed by atoms with E-state index in [9.17, 15) is 0 Å². The van der Waals surface area contributed by atoms with Crippen LogP contribution in [0.25, 0.3) is 22.8 Å². The molecule has 4 aromatic rings. The second-order valence-corrected chi connectivity index (χ2v) is 8.63. The van der Waals surface area contributed by atoms with E-state index in [1.165, 1.54) is 0 Å². The zero-order valence-electron chi connectivity index (χ0n) is 18.5. The minimum atomic E-state index is -0.276. The first-order valence-corrected chi connectivity index (χ1v) is 11.1. The topological polar surface area (TPSA) is 117 Å². The Labute approximate surface area is 190 Å². The summed E-state index contributed by atoms with van der Waals surface area (Å²) in [7, 11) is 1.83. The van der Waals surface area contributed by atoms with Gasteiger partial charge in [0.25, 0.3) is 5.89 Å². The average Bonchev–Trinajstić information content (AvgIpc) is 3.43. The molecule has 1 N–H and O–H groups in total. The zero-order chi connectivity index (χ0) is 22.4. The highest BCUT2D eigenvalue weighted by Crippen LogP contribution is 2.48. The Morgan fingerprint density at radius 1 is 1.09 bits per heavy atom. The van der Waals surface area contributed by atoms with Crippen LogP contribution in [0, 0.1) is 6.92 Å². The van der Waals surface area contributed by atoms with Crippen LogP contribution in [0.3, 0.4) is 0 Å². The molecule has 1 saturated carbocycles. The average molecular weight is 444 g/mol. The summed E-state index contributed by atoms with van der Waals surface area (Å²) in [4.78, 5) is 18.5. The van der Waals surface area contributed by atoms with Crippen LogP contribution in [-0.2, 0) is 10.2 Å². The molecule has 0 atom stereocenters. The second-order valence-electron chi connectivity index (χ2n) is 8.63. The third-order valence-corrected chi connectivity index (χ3v) is 6.67. The van der Waals surface area contributed by atoms with E-state index in [2.05, 4.69) is 31.6 Å². The number of hydrogen-bond donors (Lipinski definition) is 1. The molecule has 6 rings (SSSR count). The zero-order valence-corrected chi connectivity index (χ0v) is 18.5. The Balaban J connectivity index is 1.28. The molecule has 0 amide bonds. The van der Waals surface area contributed by atoms with Gasteiger partial charge in [0.2, 0.25) is 0 Å². The fourth-order valence-corrected chi connectivity index (χ4v) is 4.40. The lowest BCUT2D eigenvalue weighted by atomic mass is 9.64. The number of anilines is 1. The van der Waals surface area contributed by atoms with Crippen molar-refractivity contribution in [2.24, 2.45) is 0 Å². The van der Waals surface area contributed by atoms with E-state index >= 15 is 0 Å². The molecule has 10 nitrogen and oxygen atoms in total. The van der Waals surface area contributed by atoms with Gasteiger partial charge < -0.3 is 14.6 Å². The molecule has 2 fully saturated rings. The molecular weight excluding hydrogens is 420 g/mol. The first kappa shape index (κ1) is 20.0. The Bertz CT molecular complexity index is 1290. The molecule has 0 unspecified atom stereocenters. The van der Waals surface area contributed by atoms with Gasteiger partial charge >= 0.3 is 0 Å². The number of nitrogens with one attached hydrogen (secondary N) is 1. The molecule has 1 aliphatic heterocycles. The Kier molecular flexibility index (Phi) is 4.68. The van der Waals surface area contributed by atoms with E-state index in [-0.39, 0.29) is 11.5 Å². The van der Waals surface area contributed by atoms with E-state index < -0.39 is 0 Å². The van der Waals surface area contributed by atoms with Crippen molar-refractivity contribution in [2.75, 3.05) is 25.6 Å². The maximum atomic E-state index is 5.64. The molecule has 168 valence electrons. The molecule has 10 heteroatoms. The fraction of sp³-hybridized carbons (Fsp3) is 0.391. The van der Waals surface area contributed by atoms with Crippen molar-refractivity contribution in [3.8, 4) is 22.8 Å². The number of hydrogen-bond acceptors (Lipinski definition) is 9. The molecule has 0 aromatic carbocycles. The number of nitrogens with zero attached hydrogens (tertiary/aromatic N) is 7. The molecule has 0 radical (unpaired) electrons. The third kappa shape index (κ3) is 3.29. The van der Waals surface area contributed by atoms with Crippen LogP contribution in [-0.4, -0.2) is 55.1 Å². The van der Waals surface area contributed by atoms with Gasteiger partial charge in [0, 0.05) is 19.4 Å². The number of aromatic nitrogens is 7. The van der Waals surface area contributed by atoms with Crippen LogP contribution >= 0.6 is 0 Å². The maximum absolute atomic E-state index is 5.64. The van der Waals surface area contributed by atoms with E-state index in [0.29, 0.717) is 24.9 Å². The second kappa shape index (κ2) is 7.73. The maximum Gasteiger partial charge on any atom is 0.261 e. The predicted octanol–water partition coefficient (Wildman–Crippen LogP) is 3.18. The van der Waals surface area contributed by atoms with Crippen LogP contribution in [0.1, 0.15) is 42.4 Å². The third-order valence-electron chi connectivity index (χ3n) is 6.67. The number of pyridine rings is 1. The van der Waals surface area contributed by atoms with Crippen molar-refractivity contribution in [2.45, 2.75) is 37.6 Å². The van der Waals surface area contributed by atoms with Crippen LogP contribution in [0.15, 0.2) is 41.4 Å². The van der Waals surface area contributed by atoms with Crippen molar-refractivity contribution >= 4 is 5.82 Å². The van der Waals surface area contributed by atoms with Gasteiger partial charge in [-0.05, 0) is 31.4 Å². The Morgan fingerprint density at radius 2 is 1.97 bits per heavy atom. The minimum Gasteiger partial charge on any atom is -0.377 e. The summed E-state index contributed by atoms with van der Waals surface area (Å²) in [5.74, 6) is 1.93. The molecular formula is C23H24N8O2. The van der Waals surface area contributed by atoms with Gasteiger partial charge in [-0.1, -0.05) is 17.6 Å². The van der Waals surface area contributed by atoms with Crippen molar-refractivity contribution < 1.29 is 9.26 Å². The Morgan fingerprint density at radius 3 is 2.61 bits per heavy atom. The summed E-state index contributed by atoms with van der Waals surface area (Å²) in [6, 6.07) is 4.38. The van der Waals surface area contributed by atoms with Crippen LogP contribution in [0.4, 0.5) is 5.82 Å². The molecule has 0 bridgehead atoms. The van der Waals surface area contributed by atoms with E-state index in [0.717, 1.165) is 53.3 Å². The summed E-state index contributed by atoms with van der Waals surface area (Å²) in [6.07, 6.45) is 10.4. The van der Waals surface area contributed by atoms with E-state index in [1.807, 2.05) is 37.1 Å². The summed E-state index contributed by atoms with van der Waals surface area (Å²) >= 11 is 0. The van der Waals surface area contributed by atoms with Crippen LogP contribution in [0.2, 0.25) is 0 Å². The molecule has 2 aliphatic rings. The molecule has 1 aliphatic carbocycles. The quantitative estimate of drug-likeness (QED) is 0.478. The highest BCUT2D eigenvalue weighted by atomic mass is 16.5. The van der Waals surface area contributed by atoms with Gasteiger partial charge in [0.1, 0.15) is 11.5 Å². The van der Waals surface area contributed by atoms with Gasteiger partial charge in [0.15, 0.2) is 5.82 Å². The lowest BCUT2D eigenvalue weighted by Gasteiger charge is -2.39. The summed E-state index contributed by atoms with van der Waals surface area (Å²) in [5.41, 5.74) is 4.03. The lowest BCUT2D eigenvalue weighted by Crippen LogP contribution is -2.36. The largest absolute Gasteiger partial charge is 0.377 e. The molecule has 33 heavy (non-hydrogen) atoms. The Hall–Kier alpha value is -3.66. The predicted molar refractivity (Wildman–Crippen MR) is 120 cm³/mol. The molecule has 1 saturated heterocycles. The van der Waals surface area contributed by atoms with E-state index in [1.54, 1.807) is 12.4 Å². The molecule has 4 aromatic heterocycles. The smallest absolute Gasteiger partial charge is 0.261 e. The number of aryl methyl sites for hydroxylation is 1. The minimum absolute atomic E-state index is 0.276. The van der Waals surface area contributed by atoms with Crippen LogP contribution in [0.5, 0.6) is 0 Å². The van der Waals surface area contributed by atoms with Crippen molar-refractivity contribution in [1.29, 1.82) is 0 Å². The van der Waals surface area contributed by atoms with E-state index in [4.69, 9.17) is 19.2 Å². The van der Waals surface area contributed by atoms with Crippen LogP contribution < -0.4 is 5.32 Å². The summed E-state index contributed by atoms with van der Waals surface area (Å²) in [6.45, 7) is 3.31. The standard InChI is InChI=1S/C23H24N8O2/c1-14-20(26-10-19(24-2)28-14)18-5-4-16(9-25-18)23(6-3-7-23)22-29-21(33-30-22)15-8-27-31(11-15)17-12-32-13-17/h4-5,8-11,17H,3,6-7,12-13H2,1-2H3,(H,24,28). The monoisotopic (exact) mass is 444 g/mol. The number of rotatable bonds is 6. The van der Waals surface area contributed by atoms with Crippen molar-refractivity contribution in [1.82, 2.24) is 34.9 Å². The van der Waals surface area contributed by atoms with Gasteiger partial charge in [-0.15, -0.1) is 0 Å². The summed E-state index contributed by atoms with van der Waals surface area (Å²) < 4.78 is 12.8. The highest BCUT2D eigenvalue weighted by molar-refractivity contribution is 5.59. The van der Waals surface area contributed by atoms with Gasteiger partial charge in [0.05, 0.1) is 54.0 Å². The van der Waals surface area contributed by atoms with Gasteiger partial charge in [-0.2, -0.15) is 10.1 Å². The van der Waals surface area contributed by atoms with Gasteiger partial charge in [-0.25, -0.2) is 9.97 Å². The lowest BCUT2D eigenvalue weighted by molar-refractivity contribution is -0.0286. The van der Waals surface area contributed by atoms with Crippen molar-refractivity contribution in [3.63, 3.8) is 0 Å². The van der Waals surface area contributed by atoms with Gasteiger partial charge in [-0.3, -0.25) is 9.67 Å². The normalized spacial score (nSPS) is 17.4. The SMILES string of the molecule is CNc1cnc(-c2ccc(C3(c4noc(-c5cnn(C6COC6)c5)n4)CCC3)cn2)c(C)n1. The fourth-order valence-electron chi connectivity index (χ4n) is 4.40. The van der Waals surface area contributed by atoms with Crippen molar-refractivity contribution in [3.05, 3.63) is 54.0 Å². The number of ether oxygens (including phenoxy) is 1. The summed E-state index contributed by atoms with van der Waals surface area (Å²) in [5, 5.41) is 11.8. The first-order chi connectivity index (χ1) is 16.2. The molecule has 0 spiro atoms. The molecule has 5 heterocycles. The highest BCUT2D eigenvalue weighted by Gasteiger charge is 2.45.